The molecule has 1 aliphatic heterocycles. The second-order valence-corrected chi connectivity index (χ2v) is 7.25. The fraction of sp³-hybridized carbons (Fsp3) is 0.200. The van der Waals surface area contributed by atoms with Crippen molar-refractivity contribution in [2.24, 2.45) is 0 Å². The lowest BCUT2D eigenvalue weighted by Gasteiger charge is -2.10. The van der Waals surface area contributed by atoms with Gasteiger partial charge in [0.2, 0.25) is 6.79 Å². The number of furan rings is 1. The zero-order valence-corrected chi connectivity index (χ0v) is 16.0. The molecule has 150 valence electrons. The smallest absolute Gasteiger partial charge is 0.309 e. The minimum absolute atomic E-state index is 0.0750. The highest BCUT2D eigenvalue weighted by Gasteiger charge is 2.18. The summed E-state index contributed by atoms with van der Waals surface area (Å²) in [5.74, 6) is 0.362. The lowest BCUT2D eigenvalue weighted by molar-refractivity contribution is -0.139. The SMILES string of the molecule is O=C(NCc1ccc2c(c1)OCO2)C(=O)NCC(O)c1cc(-c2ccco2)cs1. The van der Waals surface area contributed by atoms with Crippen molar-refractivity contribution in [2.45, 2.75) is 12.6 Å². The molecule has 0 fully saturated rings. The average Bonchev–Trinajstić information content (AvgIpc) is 3.49. The highest BCUT2D eigenvalue weighted by atomic mass is 32.1. The van der Waals surface area contributed by atoms with E-state index in [1.807, 2.05) is 11.4 Å². The fourth-order valence-electron chi connectivity index (χ4n) is 2.78. The van der Waals surface area contributed by atoms with Crippen LogP contribution in [0.3, 0.4) is 0 Å². The van der Waals surface area contributed by atoms with Gasteiger partial charge < -0.3 is 29.6 Å². The Kier molecular flexibility index (Phi) is 5.50. The summed E-state index contributed by atoms with van der Waals surface area (Å²) in [6, 6.07) is 10.7. The molecule has 0 aliphatic carbocycles. The molecule has 0 bridgehead atoms. The standard InChI is InChI=1S/C20H18N2O6S/c23-14(18-7-13(10-29-18)15-2-1-5-26-15)9-22-20(25)19(24)21-8-12-3-4-16-17(6-12)28-11-27-16/h1-7,10,14,23H,8-9,11H2,(H,21,24)(H,22,25). The topological polar surface area (TPSA) is 110 Å². The maximum Gasteiger partial charge on any atom is 0.309 e. The van der Waals surface area contributed by atoms with Crippen LogP contribution in [0.1, 0.15) is 16.5 Å². The molecular weight excluding hydrogens is 396 g/mol. The van der Waals surface area contributed by atoms with Gasteiger partial charge in [-0.3, -0.25) is 9.59 Å². The summed E-state index contributed by atoms with van der Waals surface area (Å²) in [6.07, 6.45) is 0.653. The third kappa shape index (κ3) is 4.41. The molecule has 2 amide bonds. The molecule has 0 radical (unpaired) electrons. The van der Waals surface area contributed by atoms with Crippen LogP contribution in [0.25, 0.3) is 11.3 Å². The molecule has 9 heteroatoms. The van der Waals surface area contributed by atoms with Crippen LogP contribution < -0.4 is 20.1 Å². The maximum atomic E-state index is 12.0. The van der Waals surface area contributed by atoms with Gasteiger partial charge in [-0.05, 0) is 35.9 Å². The maximum absolute atomic E-state index is 12.0. The number of rotatable bonds is 6. The molecule has 1 atom stereocenters. The second-order valence-electron chi connectivity index (χ2n) is 6.31. The summed E-state index contributed by atoms with van der Waals surface area (Å²) in [7, 11) is 0. The van der Waals surface area contributed by atoms with E-state index in [2.05, 4.69) is 10.6 Å². The first kappa shape index (κ1) is 19.0. The van der Waals surface area contributed by atoms with Gasteiger partial charge in [-0.2, -0.15) is 0 Å². The van der Waals surface area contributed by atoms with Gasteiger partial charge in [0.1, 0.15) is 11.9 Å². The van der Waals surface area contributed by atoms with Crippen LogP contribution in [0.5, 0.6) is 11.5 Å². The van der Waals surface area contributed by atoms with Crippen molar-refractivity contribution in [2.75, 3.05) is 13.3 Å². The van der Waals surface area contributed by atoms with Gasteiger partial charge in [-0.25, -0.2) is 0 Å². The summed E-state index contributed by atoms with van der Waals surface area (Å²) < 4.78 is 15.8. The van der Waals surface area contributed by atoms with Crippen LogP contribution in [0.4, 0.5) is 0 Å². The highest BCUT2D eigenvalue weighted by Crippen LogP contribution is 2.32. The Balaban J connectivity index is 1.25. The minimum atomic E-state index is -0.922. The minimum Gasteiger partial charge on any atom is -0.464 e. The molecule has 1 unspecified atom stereocenters. The Hall–Kier alpha value is -3.30. The first-order valence-electron chi connectivity index (χ1n) is 8.85. The molecule has 8 nitrogen and oxygen atoms in total. The van der Waals surface area contributed by atoms with Crippen molar-refractivity contribution in [3.05, 3.63) is 58.5 Å². The Bertz CT molecular complexity index is 1010. The summed E-state index contributed by atoms with van der Waals surface area (Å²) in [5.41, 5.74) is 1.63. The van der Waals surface area contributed by atoms with E-state index in [1.54, 1.807) is 36.6 Å². The molecule has 3 N–H and O–H groups in total. The van der Waals surface area contributed by atoms with Gasteiger partial charge in [0, 0.05) is 28.9 Å². The molecule has 0 saturated heterocycles. The van der Waals surface area contributed by atoms with E-state index in [-0.39, 0.29) is 19.9 Å². The number of hydrogen-bond acceptors (Lipinski definition) is 7. The van der Waals surface area contributed by atoms with Crippen LogP contribution in [-0.2, 0) is 16.1 Å². The van der Waals surface area contributed by atoms with Gasteiger partial charge in [-0.1, -0.05) is 6.07 Å². The molecule has 3 heterocycles. The lowest BCUT2D eigenvalue weighted by Crippen LogP contribution is -2.41. The van der Waals surface area contributed by atoms with Gasteiger partial charge in [0.05, 0.1) is 6.26 Å². The molecule has 4 rings (SSSR count). The van der Waals surface area contributed by atoms with Gasteiger partial charge in [0.25, 0.3) is 0 Å². The lowest BCUT2D eigenvalue weighted by atomic mass is 10.2. The fourth-order valence-corrected chi connectivity index (χ4v) is 3.67. The van der Waals surface area contributed by atoms with E-state index in [1.165, 1.54) is 11.3 Å². The normalized spacial score (nSPS) is 13.1. The molecular formula is C20H18N2O6S. The monoisotopic (exact) mass is 414 g/mol. The number of aliphatic hydroxyl groups is 1. The van der Waals surface area contributed by atoms with Crippen LogP contribution in [0.2, 0.25) is 0 Å². The number of hydrogen-bond donors (Lipinski definition) is 3. The molecule has 3 aromatic rings. The van der Waals surface area contributed by atoms with E-state index in [9.17, 15) is 14.7 Å². The third-order valence-electron chi connectivity index (χ3n) is 4.31. The number of amides is 2. The quantitative estimate of drug-likeness (QED) is 0.534. The molecule has 2 aromatic heterocycles. The number of benzene rings is 1. The predicted molar refractivity (Wildman–Crippen MR) is 104 cm³/mol. The molecule has 29 heavy (non-hydrogen) atoms. The van der Waals surface area contributed by atoms with Crippen molar-refractivity contribution >= 4 is 23.2 Å². The average molecular weight is 414 g/mol. The zero-order chi connectivity index (χ0) is 20.2. The highest BCUT2D eigenvalue weighted by molar-refractivity contribution is 7.10. The van der Waals surface area contributed by atoms with Crippen molar-refractivity contribution in [1.82, 2.24) is 10.6 Å². The van der Waals surface area contributed by atoms with Crippen molar-refractivity contribution in [3.8, 4) is 22.8 Å². The van der Waals surface area contributed by atoms with E-state index < -0.39 is 17.9 Å². The van der Waals surface area contributed by atoms with Crippen LogP contribution in [0.15, 0.2) is 52.5 Å². The molecule has 0 spiro atoms. The third-order valence-corrected chi connectivity index (χ3v) is 5.34. The first-order valence-corrected chi connectivity index (χ1v) is 9.73. The Morgan fingerprint density at radius 2 is 1.93 bits per heavy atom. The number of thiophene rings is 1. The number of nitrogens with one attached hydrogen (secondary N) is 2. The largest absolute Gasteiger partial charge is 0.464 e. The van der Waals surface area contributed by atoms with E-state index in [0.717, 1.165) is 11.1 Å². The number of fused-ring (bicyclic) bond motifs is 1. The summed E-state index contributed by atoms with van der Waals surface area (Å²) in [4.78, 5) is 24.6. The zero-order valence-electron chi connectivity index (χ0n) is 15.2. The number of carbonyl (C=O) groups is 2. The van der Waals surface area contributed by atoms with Crippen molar-refractivity contribution < 1.29 is 28.6 Å². The first-order chi connectivity index (χ1) is 14.1. The van der Waals surface area contributed by atoms with Gasteiger partial charge in [0.15, 0.2) is 11.5 Å². The summed E-state index contributed by atoms with van der Waals surface area (Å²) >= 11 is 1.35. The van der Waals surface area contributed by atoms with Crippen LogP contribution in [0, 0.1) is 0 Å². The van der Waals surface area contributed by atoms with E-state index in [4.69, 9.17) is 13.9 Å². The van der Waals surface area contributed by atoms with E-state index in [0.29, 0.717) is 22.1 Å². The summed E-state index contributed by atoms with van der Waals surface area (Å²) in [5, 5.41) is 17.1. The van der Waals surface area contributed by atoms with Gasteiger partial charge in [-0.15, -0.1) is 11.3 Å². The summed E-state index contributed by atoms with van der Waals surface area (Å²) in [6.45, 7) is 0.264. The predicted octanol–water partition coefficient (Wildman–Crippen LogP) is 2.20. The molecule has 1 aromatic carbocycles. The van der Waals surface area contributed by atoms with Gasteiger partial charge >= 0.3 is 11.8 Å². The number of aliphatic hydroxyl groups excluding tert-OH is 1. The number of carbonyl (C=O) groups excluding carboxylic acids is 2. The molecule has 1 aliphatic rings. The Labute approximate surface area is 170 Å². The Morgan fingerprint density at radius 1 is 1.10 bits per heavy atom. The Morgan fingerprint density at radius 3 is 2.76 bits per heavy atom. The molecule has 0 saturated carbocycles. The second kappa shape index (κ2) is 8.38. The number of ether oxygens (including phenoxy) is 2. The van der Waals surface area contributed by atoms with Crippen molar-refractivity contribution in [3.63, 3.8) is 0 Å². The van der Waals surface area contributed by atoms with E-state index >= 15 is 0 Å². The van der Waals surface area contributed by atoms with Crippen LogP contribution >= 0.6 is 11.3 Å². The van der Waals surface area contributed by atoms with Crippen LogP contribution in [-0.4, -0.2) is 30.3 Å². The van der Waals surface area contributed by atoms with Crippen molar-refractivity contribution in [1.29, 1.82) is 0 Å².